The number of phenols is 1. The predicted octanol–water partition coefficient (Wildman–Crippen LogP) is 3.35. The fourth-order valence-corrected chi connectivity index (χ4v) is 1.69. The second-order valence-corrected chi connectivity index (χ2v) is 4.17. The molecule has 0 saturated carbocycles. The molecule has 3 N–H and O–H groups in total. The molecule has 94 valence electrons. The van der Waals surface area contributed by atoms with Gasteiger partial charge in [0.2, 0.25) is 0 Å². The maximum atomic E-state index is 13.2. The summed E-state index contributed by atoms with van der Waals surface area (Å²) in [5.41, 5.74) is 6.10. The lowest BCUT2D eigenvalue weighted by Gasteiger charge is -2.09. The zero-order chi connectivity index (χ0) is 13.1. The Bertz CT molecular complexity index is 575. The van der Waals surface area contributed by atoms with Gasteiger partial charge in [-0.1, -0.05) is 23.7 Å². The summed E-state index contributed by atoms with van der Waals surface area (Å²) < 4.78 is 18.6. The van der Waals surface area contributed by atoms with Crippen molar-refractivity contribution in [3.63, 3.8) is 0 Å². The van der Waals surface area contributed by atoms with Crippen molar-refractivity contribution in [2.24, 2.45) is 0 Å². The lowest BCUT2D eigenvalue weighted by molar-refractivity contribution is 0.304. The average Bonchev–Trinajstić information content (AvgIpc) is 2.32. The van der Waals surface area contributed by atoms with Crippen molar-refractivity contribution >= 4 is 17.3 Å². The molecule has 0 heterocycles. The highest BCUT2D eigenvalue weighted by molar-refractivity contribution is 6.32. The van der Waals surface area contributed by atoms with Gasteiger partial charge in [-0.05, 0) is 23.8 Å². The van der Waals surface area contributed by atoms with E-state index in [0.717, 1.165) is 11.6 Å². The summed E-state index contributed by atoms with van der Waals surface area (Å²) in [6.07, 6.45) is 0. The van der Waals surface area contributed by atoms with Gasteiger partial charge in [0.1, 0.15) is 23.9 Å². The van der Waals surface area contributed by atoms with Crippen LogP contribution in [0.1, 0.15) is 5.56 Å². The average molecular weight is 268 g/mol. The Morgan fingerprint density at radius 2 is 2.06 bits per heavy atom. The van der Waals surface area contributed by atoms with Crippen molar-refractivity contribution in [3.05, 3.63) is 52.8 Å². The largest absolute Gasteiger partial charge is 0.508 e. The molecule has 5 heteroatoms. The van der Waals surface area contributed by atoms with Crippen LogP contribution in [0.3, 0.4) is 0 Å². The summed E-state index contributed by atoms with van der Waals surface area (Å²) >= 11 is 5.88. The van der Waals surface area contributed by atoms with Crippen molar-refractivity contribution in [1.29, 1.82) is 0 Å². The smallest absolute Gasteiger partial charge is 0.149 e. The Morgan fingerprint density at radius 1 is 1.28 bits per heavy atom. The van der Waals surface area contributed by atoms with Gasteiger partial charge in [-0.3, -0.25) is 0 Å². The van der Waals surface area contributed by atoms with E-state index in [1.807, 2.05) is 0 Å². The maximum absolute atomic E-state index is 13.2. The summed E-state index contributed by atoms with van der Waals surface area (Å²) in [4.78, 5) is 0. The van der Waals surface area contributed by atoms with E-state index in [4.69, 9.17) is 22.1 Å². The number of rotatable bonds is 3. The molecule has 2 aromatic rings. The molecular weight excluding hydrogens is 257 g/mol. The summed E-state index contributed by atoms with van der Waals surface area (Å²) in [6, 6.07) is 9.02. The molecule has 0 unspecified atom stereocenters. The molecule has 0 aromatic heterocycles. The zero-order valence-electron chi connectivity index (χ0n) is 9.36. The molecule has 0 fully saturated rings. The normalized spacial score (nSPS) is 10.3. The van der Waals surface area contributed by atoms with E-state index in [2.05, 4.69) is 0 Å². The first-order valence-corrected chi connectivity index (χ1v) is 5.59. The molecule has 3 nitrogen and oxygen atoms in total. The van der Waals surface area contributed by atoms with Crippen LogP contribution in [0.4, 0.5) is 10.1 Å². The molecule has 0 amide bonds. The molecule has 0 bridgehead atoms. The number of aromatic hydroxyl groups is 1. The molecule has 2 aromatic carbocycles. The molecule has 2 rings (SSSR count). The molecule has 0 aliphatic carbocycles. The van der Waals surface area contributed by atoms with Gasteiger partial charge < -0.3 is 15.6 Å². The zero-order valence-corrected chi connectivity index (χ0v) is 10.1. The SMILES string of the molecule is Nc1cc(Cl)c(OCc2cccc(O)c2)cc1F. The number of hydrogen-bond donors (Lipinski definition) is 2. The predicted molar refractivity (Wildman–Crippen MR) is 68.3 cm³/mol. The molecular formula is C13H11ClFNO2. The third-order valence-corrected chi connectivity index (χ3v) is 2.65. The van der Waals surface area contributed by atoms with Crippen molar-refractivity contribution in [2.45, 2.75) is 6.61 Å². The van der Waals surface area contributed by atoms with Crippen LogP contribution in [0.5, 0.6) is 11.5 Å². The highest BCUT2D eigenvalue weighted by Crippen LogP contribution is 2.29. The van der Waals surface area contributed by atoms with Gasteiger partial charge >= 0.3 is 0 Å². The van der Waals surface area contributed by atoms with E-state index in [9.17, 15) is 9.50 Å². The van der Waals surface area contributed by atoms with E-state index >= 15 is 0 Å². The van der Waals surface area contributed by atoms with Gasteiger partial charge in [-0.25, -0.2) is 4.39 Å². The summed E-state index contributed by atoms with van der Waals surface area (Å²) in [5, 5.41) is 9.53. The van der Waals surface area contributed by atoms with Gasteiger partial charge in [0.15, 0.2) is 0 Å². The summed E-state index contributed by atoms with van der Waals surface area (Å²) in [5.74, 6) is -0.220. The first-order chi connectivity index (χ1) is 8.56. The minimum atomic E-state index is -0.578. The van der Waals surface area contributed by atoms with Crippen LogP contribution in [0.2, 0.25) is 5.02 Å². The third kappa shape index (κ3) is 2.84. The van der Waals surface area contributed by atoms with E-state index in [0.29, 0.717) is 0 Å². The second kappa shape index (κ2) is 5.14. The lowest BCUT2D eigenvalue weighted by Crippen LogP contribution is -1.98. The van der Waals surface area contributed by atoms with Crippen LogP contribution in [-0.4, -0.2) is 5.11 Å². The van der Waals surface area contributed by atoms with Gasteiger partial charge in [0, 0.05) is 6.07 Å². The van der Waals surface area contributed by atoms with Crippen molar-refractivity contribution < 1.29 is 14.2 Å². The number of hydrogen-bond acceptors (Lipinski definition) is 3. The van der Waals surface area contributed by atoms with Gasteiger partial charge in [-0.2, -0.15) is 0 Å². The Morgan fingerprint density at radius 3 is 2.78 bits per heavy atom. The standard InChI is InChI=1S/C13H11ClFNO2/c14-10-5-12(16)11(15)6-13(10)18-7-8-2-1-3-9(17)4-8/h1-6,17H,7,16H2. The van der Waals surface area contributed by atoms with Gasteiger partial charge in [0.05, 0.1) is 10.7 Å². The highest BCUT2D eigenvalue weighted by atomic mass is 35.5. The minimum Gasteiger partial charge on any atom is -0.508 e. The topological polar surface area (TPSA) is 55.5 Å². The Labute approximate surface area is 109 Å². The minimum absolute atomic E-state index is 0.0234. The van der Waals surface area contributed by atoms with Crippen LogP contribution in [-0.2, 0) is 6.61 Å². The highest BCUT2D eigenvalue weighted by Gasteiger charge is 2.07. The first-order valence-electron chi connectivity index (χ1n) is 5.21. The Balaban J connectivity index is 2.13. The molecule has 0 saturated heterocycles. The molecule has 0 spiro atoms. The maximum Gasteiger partial charge on any atom is 0.149 e. The molecule has 18 heavy (non-hydrogen) atoms. The van der Waals surface area contributed by atoms with Crippen LogP contribution in [0.25, 0.3) is 0 Å². The number of benzene rings is 2. The lowest BCUT2D eigenvalue weighted by atomic mass is 10.2. The number of ether oxygens (including phenoxy) is 1. The fraction of sp³-hybridized carbons (Fsp3) is 0.0769. The van der Waals surface area contributed by atoms with Gasteiger partial charge in [0.25, 0.3) is 0 Å². The van der Waals surface area contributed by atoms with Crippen LogP contribution in [0, 0.1) is 5.82 Å². The molecule has 0 aliphatic heterocycles. The fourth-order valence-electron chi connectivity index (χ4n) is 1.46. The van der Waals surface area contributed by atoms with E-state index < -0.39 is 5.82 Å². The number of halogens is 2. The second-order valence-electron chi connectivity index (χ2n) is 3.76. The Kier molecular flexibility index (Phi) is 3.58. The third-order valence-electron chi connectivity index (χ3n) is 2.36. The molecule has 0 aliphatic rings. The molecule has 0 radical (unpaired) electrons. The monoisotopic (exact) mass is 267 g/mol. The van der Waals surface area contributed by atoms with Gasteiger partial charge in [-0.15, -0.1) is 0 Å². The summed E-state index contributed by atoms with van der Waals surface area (Å²) in [6.45, 7) is 0.178. The van der Waals surface area contributed by atoms with Crippen LogP contribution >= 0.6 is 11.6 Å². The Hall–Kier alpha value is -1.94. The van der Waals surface area contributed by atoms with Crippen molar-refractivity contribution in [3.8, 4) is 11.5 Å². The van der Waals surface area contributed by atoms with E-state index in [1.54, 1.807) is 24.3 Å². The van der Waals surface area contributed by atoms with Crippen LogP contribution < -0.4 is 10.5 Å². The molecule has 0 atom stereocenters. The number of nitrogens with two attached hydrogens (primary N) is 1. The number of phenolic OH excluding ortho intramolecular Hbond substituents is 1. The van der Waals surface area contributed by atoms with E-state index in [-0.39, 0.29) is 28.8 Å². The van der Waals surface area contributed by atoms with Crippen molar-refractivity contribution in [2.75, 3.05) is 5.73 Å². The van der Waals surface area contributed by atoms with Crippen molar-refractivity contribution in [1.82, 2.24) is 0 Å². The quantitative estimate of drug-likeness (QED) is 0.839. The summed E-state index contributed by atoms with van der Waals surface area (Å²) in [7, 11) is 0. The first kappa shape index (κ1) is 12.5. The number of anilines is 1. The van der Waals surface area contributed by atoms with E-state index in [1.165, 1.54) is 6.07 Å². The number of nitrogen functional groups attached to an aromatic ring is 1. The van der Waals surface area contributed by atoms with Crippen LogP contribution in [0.15, 0.2) is 36.4 Å².